The maximum absolute atomic E-state index is 11.9. The highest BCUT2D eigenvalue weighted by molar-refractivity contribution is 6.02. The van der Waals surface area contributed by atoms with Gasteiger partial charge in [-0.05, 0) is 12.5 Å². The van der Waals surface area contributed by atoms with E-state index in [2.05, 4.69) is 20.6 Å². The van der Waals surface area contributed by atoms with Crippen LogP contribution in [0.1, 0.15) is 23.1 Å². The van der Waals surface area contributed by atoms with Gasteiger partial charge in [0.1, 0.15) is 5.69 Å². The van der Waals surface area contributed by atoms with Crippen molar-refractivity contribution in [3.05, 3.63) is 40.1 Å². The van der Waals surface area contributed by atoms with Crippen molar-refractivity contribution < 1.29 is 4.79 Å². The molecule has 2 aromatic rings. The molecule has 0 unspecified atom stereocenters. The molecule has 2 rings (SSSR count). The largest absolute Gasteiger partial charge is 0.318 e. The summed E-state index contributed by atoms with van der Waals surface area (Å²) < 4.78 is 1.63. The first-order valence-electron chi connectivity index (χ1n) is 5.49. The van der Waals surface area contributed by atoms with Gasteiger partial charge in [0, 0.05) is 19.3 Å². The number of nitrogens with one attached hydrogen (secondary N) is 2. The zero-order valence-electron chi connectivity index (χ0n) is 10.1. The summed E-state index contributed by atoms with van der Waals surface area (Å²) in [6.45, 7) is 1.95. The number of carbonyl (C=O) groups excluding carboxylic acids is 1. The van der Waals surface area contributed by atoms with Gasteiger partial charge in [-0.3, -0.25) is 14.3 Å². The predicted molar refractivity (Wildman–Crippen MR) is 65.4 cm³/mol. The number of amides is 1. The summed E-state index contributed by atoms with van der Waals surface area (Å²) in [5.74, 6) is -0.381. The molecule has 0 aliphatic heterocycles. The fourth-order valence-electron chi connectivity index (χ4n) is 1.56. The maximum Gasteiger partial charge on any atom is 0.276 e. The molecule has 0 saturated heterocycles. The number of hydrogen-bond donors (Lipinski definition) is 2. The van der Waals surface area contributed by atoms with E-state index in [1.54, 1.807) is 17.9 Å². The number of rotatable bonds is 3. The lowest BCUT2D eigenvalue weighted by molar-refractivity contribution is 0.102. The molecule has 2 aromatic heterocycles. The lowest BCUT2D eigenvalue weighted by atomic mass is 10.3. The molecule has 18 heavy (non-hydrogen) atoms. The van der Waals surface area contributed by atoms with Gasteiger partial charge in [0.25, 0.3) is 11.5 Å². The van der Waals surface area contributed by atoms with Gasteiger partial charge >= 0.3 is 0 Å². The van der Waals surface area contributed by atoms with Crippen molar-refractivity contribution in [2.45, 2.75) is 13.3 Å². The van der Waals surface area contributed by atoms with Crippen molar-refractivity contribution in [3.63, 3.8) is 0 Å². The molecule has 2 N–H and O–H groups in total. The van der Waals surface area contributed by atoms with Gasteiger partial charge in [0.05, 0.1) is 11.4 Å². The summed E-state index contributed by atoms with van der Waals surface area (Å²) in [7, 11) is 1.78. The molecule has 7 heteroatoms. The minimum atomic E-state index is -0.381. The van der Waals surface area contributed by atoms with Crippen molar-refractivity contribution in [3.8, 4) is 0 Å². The number of aromatic amines is 1. The summed E-state index contributed by atoms with van der Waals surface area (Å²) in [5.41, 5.74) is 1.26. The Hall–Kier alpha value is -2.44. The molecule has 1 amide bonds. The molecule has 7 nitrogen and oxygen atoms in total. The molecule has 0 aliphatic rings. The summed E-state index contributed by atoms with van der Waals surface area (Å²) >= 11 is 0. The van der Waals surface area contributed by atoms with Gasteiger partial charge < -0.3 is 5.32 Å². The summed E-state index contributed by atoms with van der Waals surface area (Å²) in [5, 5.41) is 12.8. The topological polar surface area (TPSA) is 92.7 Å². The Morgan fingerprint density at radius 1 is 1.50 bits per heavy atom. The van der Waals surface area contributed by atoms with Crippen LogP contribution in [0.5, 0.6) is 0 Å². The Bertz CT molecular complexity index is 608. The molecule has 0 atom stereocenters. The van der Waals surface area contributed by atoms with Gasteiger partial charge in [-0.25, -0.2) is 5.10 Å². The first-order valence-corrected chi connectivity index (χ1v) is 5.49. The number of anilines is 1. The van der Waals surface area contributed by atoms with E-state index in [-0.39, 0.29) is 17.2 Å². The molecule has 0 aliphatic carbocycles. The minimum Gasteiger partial charge on any atom is -0.318 e. The molecule has 0 spiro atoms. The van der Waals surface area contributed by atoms with Gasteiger partial charge in [0.2, 0.25) is 0 Å². The third kappa shape index (κ3) is 2.45. The highest BCUT2D eigenvalue weighted by Gasteiger charge is 2.12. The lowest BCUT2D eigenvalue weighted by Crippen LogP contribution is -2.17. The first kappa shape index (κ1) is 12.0. The minimum absolute atomic E-state index is 0.153. The van der Waals surface area contributed by atoms with E-state index in [4.69, 9.17) is 0 Å². The molecule has 0 aromatic carbocycles. The molecule has 0 fully saturated rings. The summed E-state index contributed by atoms with van der Waals surface area (Å²) in [6.07, 6.45) is 2.44. The first-order chi connectivity index (χ1) is 8.60. The molecule has 0 bridgehead atoms. The van der Waals surface area contributed by atoms with Crippen LogP contribution in [0, 0.1) is 0 Å². The number of hydrogen-bond acceptors (Lipinski definition) is 4. The third-order valence-electron chi connectivity index (χ3n) is 2.40. The Morgan fingerprint density at radius 2 is 2.28 bits per heavy atom. The SMILES string of the molecule is CCc1nn(C)cc1NC(=O)c1ccc(=O)[nH]n1. The van der Waals surface area contributed by atoms with Gasteiger partial charge in [-0.2, -0.15) is 10.2 Å². The van der Waals surface area contributed by atoms with Crippen molar-refractivity contribution in [1.82, 2.24) is 20.0 Å². The van der Waals surface area contributed by atoms with E-state index >= 15 is 0 Å². The number of nitrogens with zero attached hydrogens (tertiary/aromatic N) is 3. The predicted octanol–water partition coefficient (Wildman–Crippen LogP) is 0.318. The fraction of sp³-hybridized carbons (Fsp3) is 0.273. The zero-order valence-corrected chi connectivity index (χ0v) is 10.1. The van der Waals surface area contributed by atoms with E-state index in [0.717, 1.165) is 12.1 Å². The van der Waals surface area contributed by atoms with E-state index in [1.165, 1.54) is 12.1 Å². The van der Waals surface area contributed by atoms with Crippen molar-refractivity contribution >= 4 is 11.6 Å². The van der Waals surface area contributed by atoms with Crippen LogP contribution in [0.15, 0.2) is 23.1 Å². The van der Waals surface area contributed by atoms with Crippen LogP contribution < -0.4 is 10.9 Å². The van der Waals surface area contributed by atoms with Crippen LogP contribution in [-0.2, 0) is 13.5 Å². The maximum atomic E-state index is 11.9. The van der Waals surface area contributed by atoms with Crippen LogP contribution in [0.3, 0.4) is 0 Å². The van der Waals surface area contributed by atoms with E-state index < -0.39 is 0 Å². The normalized spacial score (nSPS) is 10.3. The number of aromatic nitrogens is 4. The smallest absolute Gasteiger partial charge is 0.276 e. The standard InChI is InChI=1S/C11H13N5O2/c1-3-7-9(6-16(2)15-7)12-11(18)8-4-5-10(17)14-13-8/h4-6H,3H2,1-2H3,(H,12,18)(H,14,17). The highest BCUT2D eigenvalue weighted by atomic mass is 16.2. The second-order valence-corrected chi connectivity index (χ2v) is 3.78. The second-order valence-electron chi connectivity index (χ2n) is 3.78. The summed E-state index contributed by atoms with van der Waals surface area (Å²) in [6, 6.07) is 2.63. The second kappa shape index (κ2) is 4.82. The Labute approximate surface area is 103 Å². The Kier molecular flexibility index (Phi) is 3.22. The average molecular weight is 247 g/mol. The molecular weight excluding hydrogens is 234 g/mol. The van der Waals surface area contributed by atoms with E-state index in [9.17, 15) is 9.59 Å². The summed E-state index contributed by atoms with van der Waals surface area (Å²) in [4.78, 5) is 22.7. The Balaban J connectivity index is 2.20. The van der Waals surface area contributed by atoms with E-state index in [0.29, 0.717) is 5.69 Å². The molecule has 0 saturated carbocycles. The van der Waals surface area contributed by atoms with Crippen LogP contribution in [0.4, 0.5) is 5.69 Å². The van der Waals surface area contributed by atoms with Crippen LogP contribution in [0.25, 0.3) is 0 Å². The number of aryl methyl sites for hydroxylation is 2. The molecule has 0 radical (unpaired) electrons. The van der Waals surface area contributed by atoms with E-state index in [1.807, 2.05) is 6.92 Å². The fourth-order valence-corrected chi connectivity index (χ4v) is 1.56. The van der Waals surface area contributed by atoms with Crippen LogP contribution >= 0.6 is 0 Å². The van der Waals surface area contributed by atoms with Gasteiger partial charge in [-0.15, -0.1) is 0 Å². The lowest BCUT2D eigenvalue weighted by Gasteiger charge is -2.02. The Morgan fingerprint density at radius 3 is 2.89 bits per heavy atom. The number of carbonyl (C=O) groups is 1. The van der Waals surface area contributed by atoms with Gasteiger partial charge in [-0.1, -0.05) is 6.92 Å². The molecule has 94 valence electrons. The van der Waals surface area contributed by atoms with Crippen molar-refractivity contribution in [2.75, 3.05) is 5.32 Å². The van der Waals surface area contributed by atoms with Crippen molar-refractivity contribution in [2.24, 2.45) is 7.05 Å². The molecule has 2 heterocycles. The third-order valence-corrected chi connectivity index (χ3v) is 2.40. The average Bonchev–Trinajstić information content (AvgIpc) is 2.70. The van der Waals surface area contributed by atoms with Crippen LogP contribution in [-0.4, -0.2) is 25.9 Å². The van der Waals surface area contributed by atoms with Crippen molar-refractivity contribution in [1.29, 1.82) is 0 Å². The van der Waals surface area contributed by atoms with Gasteiger partial charge in [0.15, 0.2) is 0 Å². The quantitative estimate of drug-likeness (QED) is 0.816. The van der Waals surface area contributed by atoms with Crippen LogP contribution in [0.2, 0.25) is 0 Å². The molecular formula is C11H13N5O2. The number of H-pyrrole nitrogens is 1. The zero-order chi connectivity index (χ0) is 13.1. The monoisotopic (exact) mass is 247 g/mol. The highest BCUT2D eigenvalue weighted by Crippen LogP contribution is 2.14.